The third kappa shape index (κ3) is 7.15. The number of hydrogen-bond donors (Lipinski definition) is 1. The molecule has 0 unspecified atom stereocenters. The maximum atomic E-state index is 13.8. The molecular formula is C31H39N3O6. The fourth-order valence-corrected chi connectivity index (χ4v) is 4.68. The lowest BCUT2D eigenvalue weighted by atomic mass is 9.93. The summed E-state index contributed by atoms with van der Waals surface area (Å²) in [5.41, 5.74) is 3.80. The molecular weight excluding hydrogens is 510 g/mol. The lowest BCUT2D eigenvalue weighted by Crippen LogP contribution is -2.45. The highest BCUT2D eigenvalue weighted by Gasteiger charge is 2.25. The van der Waals surface area contributed by atoms with Crippen LogP contribution in [0.25, 0.3) is 0 Å². The van der Waals surface area contributed by atoms with Crippen molar-refractivity contribution >= 4 is 17.6 Å². The predicted octanol–water partition coefficient (Wildman–Crippen LogP) is 5.96. The van der Waals surface area contributed by atoms with Gasteiger partial charge in [0.1, 0.15) is 12.3 Å². The summed E-state index contributed by atoms with van der Waals surface area (Å²) < 4.78 is 21.8. The maximum Gasteiger partial charge on any atom is 0.322 e. The van der Waals surface area contributed by atoms with Gasteiger partial charge in [0.2, 0.25) is 12.7 Å². The maximum absolute atomic E-state index is 13.8. The Morgan fingerprint density at radius 3 is 2.30 bits per heavy atom. The summed E-state index contributed by atoms with van der Waals surface area (Å²) in [7, 11) is 1.58. The molecule has 3 aromatic rings. The molecule has 0 radical (unpaired) electrons. The number of fused-ring (bicyclic) bond motifs is 1. The van der Waals surface area contributed by atoms with Crippen molar-refractivity contribution in [1.82, 2.24) is 9.80 Å². The van der Waals surface area contributed by atoms with Gasteiger partial charge in [-0.1, -0.05) is 52.0 Å². The van der Waals surface area contributed by atoms with Crippen molar-refractivity contribution in [3.05, 3.63) is 77.2 Å². The minimum atomic E-state index is -0.346. The average molecular weight is 550 g/mol. The second-order valence-electron chi connectivity index (χ2n) is 10.5. The number of benzene rings is 2. The number of furan rings is 1. The van der Waals surface area contributed by atoms with E-state index in [1.54, 1.807) is 24.3 Å². The number of ether oxygens (including phenoxy) is 3. The molecule has 1 aliphatic heterocycles. The molecule has 0 saturated heterocycles. The van der Waals surface area contributed by atoms with Gasteiger partial charge in [0.15, 0.2) is 11.5 Å². The minimum absolute atomic E-state index is 0.124. The Balaban J connectivity index is 1.56. The van der Waals surface area contributed by atoms with Crippen molar-refractivity contribution in [2.45, 2.75) is 52.6 Å². The van der Waals surface area contributed by atoms with Gasteiger partial charge in [-0.3, -0.25) is 4.79 Å². The molecule has 1 aliphatic rings. The van der Waals surface area contributed by atoms with Gasteiger partial charge in [-0.05, 0) is 52.8 Å². The van der Waals surface area contributed by atoms with E-state index in [0.717, 1.165) is 22.4 Å². The molecule has 9 nitrogen and oxygen atoms in total. The number of methoxy groups -OCH3 is 1. The van der Waals surface area contributed by atoms with Gasteiger partial charge in [-0.15, -0.1) is 0 Å². The van der Waals surface area contributed by atoms with Gasteiger partial charge in [-0.25, -0.2) is 4.79 Å². The third-order valence-electron chi connectivity index (χ3n) is 6.87. The van der Waals surface area contributed by atoms with Crippen LogP contribution in [0.1, 0.15) is 62.0 Å². The first-order valence-electron chi connectivity index (χ1n) is 13.6. The Labute approximate surface area is 236 Å². The highest BCUT2D eigenvalue weighted by molar-refractivity contribution is 5.94. The molecule has 0 bridgehead atoms. The van der Waals surface area contributed by atoms with E-state index in [9.17, 15) is 9.59 Å². The second kappa shape index (κ2) is 13.4. The van der Waals surface area contributed by atoms with Crippen molar-refractivity contribution < 1.29 is 28.2 Å². The lowest BCUT2D eigenvalue weighted by molar-refractivity contribution is -0.133. The molecule has 2 heterocycles. The number of carbonyl (C=O) groups excluding carboxylic acids is 2. The zero-order chi connectivity index (χ0) is 28.6. The normalized spacial score (nSPS) is 12.2. The SMILES string of the molecule is COCCN(CC(=O)N(Cc1ccc2c(c1)OCO2)Cc1ccco1)C(=O)Nc1c(C(C)C)cccc1C(C)C. The Morgan fingerprint density at radius 1 is 0.925 bits per heavy atom. The summed E-state index contributed by atoms with van der Waals surface area (Å²) in [5, 5.41) is 3.13. The highest BCUT2D eigenvalue weighted by Crippen LogP contribution is 2.34. The molecule has 214 valence electrons. The number of hydrogen-bond acceptors (Lipinski definition) is 6. The van der Waals surface area contributed by atoms with E-state index in [1.807, 2.05) is 42.5 Å². The van der Waals surface area contributed by atoms with Crippen molar-refractivity contribution in [2.24, 2.45) is 0 Å². The van der Waals surface area contributed by atoms with Crippen LogP contribution in [0.4, 0.5) is 10.5 Å². The fraction of sp³-hybridized carbons (Fsp3) is 0.419. The number of anilines is 1. The first-order valence-corrected chi connectivity index (χ1v) is 13.6. The van der Waals surface area contributed by atoms with E-state index in [-0.39, 0.29) is 50.2 Å². The van der Waals surface area contributed by atoms with Crippen molar-refractivity contribution in [3.63, 3.8) is 0 Å². The predicted molar refractivity (Wildman–Crippen MR) is 153 cm³/mol. The first-order chi connectivity index (χ1) is 19.3. The van der Waals surface area contributed by atoms with Crippen LogP contribution in [0.3, 0.4) is 0 Å². The van der Waals surface area contributed by atoms with Crippen LogP contribution >= 0.6 is 0 Å². The zero-order valence-corrected chi connectivity index (χ0v) is 23.9. The largest absolute Gasteiger partial charge is 0.467 e. The number of amides is 3. The topological polar surface area (TPSA) is 93.5 Å². The lowest BCUT2D eigenvalue weighted by Gasteiger charge is -2.28. The Morgan fingerprint density at radius 2 is 1.65 bits per heavy atom. The molecule has 2 aromatic carbocycles. The second-order valence-corrected chi connectivity index (χ2v) is 10.5. The van der Waals surface area contributed by atoms with Gasteiger partial charge < -0.3 is 33.7 Å². The number of nitrogens with one attached hydrogen (secondary N) is 1. The van der Waals surface area contributed by atoms with E-state index in [4.69, 9.17) is 18.6 Å². The van der Waals surface area contributed by atoms with E-state index in [0.29, 0.717) is 30.4 Å². The molecule has 0 atom stereocenters. The Kier molecular flexibility index (Phi) is 9.71. The van der Waals surface area contributed by atoms with Crippen molar-refractivity contribution in [3.8, 4) is 11.5 Å². The summed E-state index contributed by atoms with van der Waals surface area (Å²) in [6.45, 7) is 9.58. The summed E-state index contributed by atoms with van der Waals surface area (Å²) in [6, 6.07) is 15.0. The molecule has 40 heavy (non-hydrogen) atoms. The van der Waals surface area contributed by atoms with E-state index >= 15 is 0 Å². The molecule has 0 aliphatic carbocycles. The third-order valence-corrected chi connectivity index (χ3v) is 6.87. The van der Waals surface area contributed by atoms with Crippen LogP contribution in [0.15, 0.2) is 59.2 Å². The van der Waals surface area contributed by atoms with Crippen molar-refractivity contribution in [2.75, 3.05) is 38.9 Å². The summed E-state index contributed by atoms with van der Waals surface area (Å²) in [6.07, 6.45) is 1.58. The summed E-state index contributed by atoms with van der Waals surface area (Å²) >= 11 is 0. The average Bonchev–Trinajstić information content (AvgIpc) is 3.62. The smallest absolute Gasteiger partial charge is 0.322 e. The van der Waals surface area contributed by atoms with Crippen LogP contribution in [0, 0.1) is 0 Å². The molecule has 0 saturated carbocycles. The fourth-order valence-electron chi connectivity index (χ4n) is 4.68. The highest BCUT2D eigenvalue weighted by atomic mass is 16.7. The van der Waals surface area contributed by atoms with Gasteiger partial charge in [0, 0.05) is 25.9 Å². The Bertz CT molecular complexity index is 1260. The van der Waals surface area contributed by atoms with Crippen LogP contribution in [-0.2, 0) is 22.6 Å². The van der Waals surface area contributed by atoms with Gasteiger partial charge >= 0.3 is 6.03 Å². The van der Waals surface area contributed by atoms with E-state index < -0.39 is 0 Å². The van der Waals surface area contributed by atoms with Gasteiger partial charge in [0.05, 0.1) is 19.4 Å². The molecule has 9 heteroatoms. The summed E-state index contributed by atoms with van der Waals surface area (Å²) in [5.74, 6) is 2.18. The monoisotopic (exact) mass is 549 g/mol. The standard InChI is InChI=1S/C31H39N3O6/c1-21(2)25-9-6-10-26(22(3)4)30(25)32-31(36)33(13-15-37-5)19-29(35)34(18-24-8-7-14-38-24)17-23-11-12-27-28(16-23)40-20-39-27/h6-12,14,16,21-22H,13,15,17-20H2,1-5H3,(H,32,36). The Hall–Kier alpha value is -3.98. The number of rotatable bonds is 12. The van der Waals surface area contributed by atoms with E-state index in [1.165, 1.54) is 4.90 Å². The van der Waals surface area contributed by atoms with Crippen LogP contribution in [-0.4, -0.2) is 55.3 Å². The first kappa shape index (κ1) is 29.0. The molecule has 4 rings (SSSR count). The number of urea groups is 1. The van der Waals surface area contributed by atoms with Crippen LogP contribution < -0.4 is 14.8 Å². The van der Waals surface area contributed by atoms with Gasteiger partial charge in [0.25, 0.3) is 0 Å². The minimum Gasteiger partial charge on any atom is -0.467 e. The van der Waals surface area contributed by atoms with Crippen LogP contribution in [0.2, 0.25) is 0 Å². The number of carbonyl (C=O) groups is 2. The van der Waals surface area contributed by atoms with Crippen molar-refractivity contribution in [1.29, 1.82) is 0 Å². The van der Waals surface area contributed by atoms with Gasteiger partial charge in [-0.2, -0.15) is 0 Å². The molecule has 1 aromatic heterocycles. The molecule has 0 fully saturated rings. The molecule has 0 spiro atoms. The molecule has 1 N–H and O–H groups in total. The number of para-hydroxylation sites is 1. The number of nitrogens with zero attached hydrogens (tertiary/aromatic N) is 2. The van der Waals surface area contributed by atoms with Crippen LogP contribution in [0.5, 0.6) is 11.5 Å². The van der Waals surface area contributed by atoms with E-state index in [2.05, 4.69) is 33.0 Å². The summed E-state index contributed by atoms with van der Waals surface area (Å²) in [4.78, 5) is 30.6. The molecule has 3 amide bonds. The quantitative estimate of drug-likeness (QED) is 0.299. The zero-order valence-electron chi connectivity index (χ0n) is 23.9.